The summed E-state index contributed by atoms with van der Waals surface area (Å²) in [6.45, 7) is 6.00. The Balaban J connectivity index is 2.65. The summed E-state index contributed by atoms with van der Waals surface area (Å²) in [6.07, 6.45) is 57.7. The van der Waals surface area contributed by atoms with Crippen LogP contribution in [0.25, 0.3) is 0 Å². The lowest BCUT2D eigenvalue weighted by Gasteiger charge is -2.40. The van der Waals surface area contributed by atoms with Gasteiger partial charge in [0, 0.05) is 19.3 Å². The molecule has 0 aromatic heterocycles. The van der Waals surface area contributed by atoms with E-state index in [0.29, 0.717) is 19.3 Å². The smallest absolute Gasteiger partial charge is 0.335 e. The lowest BCUT2D eigenvalue weighted by molar-refractivity contribution is -0.301. The van der Waals surface area contributed by atoms with Crippen molar-refractivity contribution >= 4 is 23.9 Å². The average Bonchev–Trinajstić information content (AvgIpc) is 3.53. The lowest BCUT2D eigenvalue weighted by Crippen LogP contribution is -2.61. The number of aliphatic carboxylic acids is 1. The molecule has 3 N–H and O–H groups in total. The summed E-state index contributed by atoms with van der Waals surface area (Å²) in [6, 6.07) is 0. The molecule has 0 spiro atoms. The number of carboxylic acids is 1. The number of rotatable bonds is 58. The highest BCUT2D eigenvalue weighted by atomic mass is 16.7. The minimum atomic E-state index is -1.90. The van der Waals surface area contributed by atoms with Crippen LogP contribution in [-0.4, -0.2) is 89.2 Å². The van der Waals surface area contributed by atoms with Gasteiger partial charge in [0.05, 0.1) is 6.61 Å². The molecule has 1 heterocycles. The highest BCUT2D eigenvalue weighted by Crippen LogP contribution is 2.27. The molecule has 1 saturated heterocycles. The molecule has 1 aliphatic heterocycles. The van der Waals surface area contributed by atoms with Gasteiger partial charge in [-0.1, -0.05) is 262 Å². The predicted octanol–water partition coefficient (Wildman–Crippen LogP) is 18.1. The van der Waals surface area contributed by atoms with Crippen LogP contribution in [0.5, 0.6) is 0 Å². The summed E-state index contributed by atoms with van der Waals surface area (Å²) >= 11 is 0. The summed E-state index contributed by atoms with van der Waals surface area (Å²) in [5, 5.41) is 31.6. The summed E-state index contributed by atoms with van der Waals surface area (Å²) < 4.78 is 28.6. The van der Waals surface area contributed by atoms with Crippen molar-refractivity contribution in [1.82, 2.24) is 0 Å². The normalized spacial score (nSPS) is 18.0. The van der Waals surface area contributed by atoms with Crippen LogP contribution in [0.3, 0.4) is 0 Å². The predicted molar refractivity (Wildman–Crippen MR) is 331 cm³/mol. The SMILES string of the molecule is CCCCC/C=C\C/C=C\C/C=C\CCCCCCCCC(=O)OCC(COC1OC(C(=O)O)C(O)C(O)C1OC(=O)CCCCCCCCC/C=C\CCCCCCCC)OC(=O)CCCCCCCCCCCCCCCCC. The number of hydrogen-bond donors (Lipinski definition) is 3. The van der Waals surface area contributed by atoms with Gasteiger partial charge in [-0.15, -0.1) is 0 Å². The van der Waals surface area contributed by atoms with Crippen molar-refractivity contribution in [2.45, 2.75) is 353 Å². The van der Waals surface area contributed by atoms with Crippen molar-refractivity contribution in [3.8, 4) is 0 Å². The van der Waals surface area contributed by atoms with E-state index in [-0.39, 0.29) is 25.9 Å². The van der Waals surface area contributed by atoms with Crippen LogP contribution in [-0.2, 0) is 42.9 Å². The Hall–Kier alpha value is -3.32. The van der Waals surface area contributed by atoms with E-state index >= 15 is 0 Å². The second-order valence-electron chi connectivity index (χ2n) is 23.1. The fourth-order valence-electron chi connectivity index (χ4n) is 10.2. The molecule has 6 unspecified atom stereocenters. The monoisotopic (exact) mass is 1140 g/mol. The van der Waals surface area contributed by atoms with Crippen LogP contribution in [0.1, 0.15) is 316 Å². The van der Waals surface area contributed by atoms with E-state index in [4.69, 9.17) is 23.7 Å². The standard InChI is InChI=1S/C69H122O12/c1-4-7-10-13-16-19-22-25-28-30-31-33-35-37-40-43-46-49-52-55-61(70)77-58-60(79-62(71)56-53-50-47-44-41-38-34-27-24-21-18-15-12-9-6-3)59-78-69-67(65(74)64(73)66(81-69)68(75)76)80-63(72)57-54-51-48-45-42-39-36-32-29-26-23-20-17-14-11-8-5-2/h16,19,25-26,28-29,31,33,60,64-67,69,73-74H,4-15,17-18,20-24,27,30,32,34-59H2,1-3H3,(H,75,76)/b19-16-,28-25-,29-26-,33-31-. The molecule has 0 bridgehead atoms. The maximum atomic E-state index is 13.2. The van der Waals surface area contributed by atoms with Gasteiger partial charge in [0.25, 0.3) is 0 Å². The van der Waals surface area contributed by atoms with E-state index in [1.807, 2.05) is 0 Å². The average molecular weight is 1140 g/mol. The van der Waals surface area contributed by atoms with Crippen LogP contribution < -0.4 is 0 Å². The Morgan fingerprint density at radius 1 is 0.407 bits per heavy atom. The first-order chi connectivity index (χ1) is 39.6. The minimum Gasteiger partial charge on any atom is -0.479 e. The summed E-state index contributed by atoms with van der Waals surface area (Å²) in [4.78, 5) is 51.4. The van der Waals surface area contributed by atoms with Crippen LogP contribution in [0.4, 0.5) is 0 Å². The van der Waals surface area contributed by atoms with Crippen molar-refractivity contribution in [2.24, 2.45) is 0 Å². The third-order valence-electron chi connectivity index (χ3n) is 15.4. The van der Waals surface area contributed by atoms with Gasteiger partial charge in [-0.2, -0.15) is 0 Å². The second-order valence-corrected chi connectivity index (χ2v) is 23.1. The number of esters is 3. The van der Waals surface area contributed by atoms with Crippen LogP contribution in [0.15, 0.2) is 48.6 Å². The van der Waals surface area contributed by atoms with Gasteiger partial charge >= 0.3 is 23.9 Å². The van der Waals surface area contributed by atoms with Gasteiger partial charge in [0.2, 0.25) is 0 Å². The topological polar surface area (TPSA) is 175 Å². The van der Waals surface area contributed by atoms with Gasteiger partial charge in [-0.05, 0) is 83.5 Å². The molecule has 0 aromatic rings. The Labute approximate surface area is 494 Å². The quantitative estimate of drug-likeness (QED) is 0.0228. The number of hydrogen-bond acceptors (Lipinski definition) is 11. The molecule has 1 aliphatic rings. The zero-order valence-corrected chi connectivity index (χ0v) is 52.0. The molecule has 1 fully saturated rings. The number of allylic oxidation sites excluding steroid dienone is 8. The molecular formula is C69H122O12. The second kappa shape index (κ2) is 57.1. The number of carboxylic acid groups (broad SMARTS) is 1. The number of ether oxygens (including phenoxy) is 5. The van der Waals surface area contributed by atoms with Crippen LogP contribution in [0.2, 0.25) is 0 Å². The van der Waals surface area contributed by atoms with E-state index in [1.54, 1.807) is 0 Å². The molecule has 81 heavy (non-hydrogen) atoms. The molecule has 0 aliphatic carbocycles. The zero-order valence-electron chi connectivity index (χ0n) is 52.0. The molecule has 0 saturated carbocycles. The van der Waals surface area contributed by atoms with Crippen molar-refractivity contribution in [3.05, 3.63) is 48.6 Å². The first-order valence-electron chi connectivity index (χ1n) is 33.6. The van der Waals surface area contributed by atoms with E-state index in [1.165, 1.54) is 154 Å². The van der Waals surface area contributed by atoms with Gasteiger partial charge in [0.1, 0.15) is 18.8 Å². The van der Waals surface area contributed by atoms with Gasteiger partial charge in [-0.3, -0.25) is 14.4 Å². The molecule has 12 nitrogen and oxygen atoms in total. The Bertz CT molecular complexity index is 1590. The number of carbonyl (C=O) groups excluding carboxylic acids is 3. The molecule has 470 valence electrons. The largest absolute Gasteiger partial charge is 0.479 e. The number of carbonyl (C=O) groups is 4. The van der Waals surface area contributed by atoms with Gasteiger partial charge in [-0.25, -0.2) is 4.79 Å². The fraction of sp³-hybridized carbons (Fsp3) is 0.826. The maximum Gasteiger partial charge on any atom is 0.335 e. The first kappa shape index (κ1) is 75.7. The molecule has 0 amide bonds. The molecule has 1 rings (SSSR count). The van der Waals surface area contributed by atoms with Gasteiger partial charge in [0.15, 0.2) is 24.6 Å². The van der Waals surface area contributed by atoms with Crippen molar-refractivity contribution in [2.75, 3.05) is 13.2 Å². The van der Waals surface area contributed by atoms with Crippen molar-refractivity contribution < 1.29 is 58.2 Å². The highest BCUT2D eigenvalue weighted by Gasteiger charge is 2.50. The number of unbranched alkanes of at least 4 members (excludes halogenated alkanes) is 36. The fourth-order valence-corrected chi connectivity index (χ4v) is 10.2. The molecule has 12 heteroatoms. The highest BCUT2D eigenvalue weighted by molar-refractivity contribution is 5.74. The van der Waals surface area contributed by atoms with Crippen LogP contribution >= 0.6 is 0 Å². The summed E-state index contributed by atoms with van der Waals surface area (Å²) in [7, 11) is 0. The maximum absolute atomic E-state index is 13.2. The minimum absolute atomic E-state index is 0.0567. The zero-order chi connectivity index (χ0) is 58.9. The molecule has 0 radical (unpaired) electrons. The lowest BCUT2D eigenvalue weighted by atomic mass is 9.98. The summed E-state index contributed by atoms with van der Waals surface area (Å²) in [5.41, 5.74) is 0. The molecular weight excluding hydrogens is 1020 g/mol. The van der Waals surface area contributed by atoms with E-state index in [2.05, 4.69) is 69.4 Å². The van der Waals surface area contributed by atoms with Crippen LogP contribution in [0, 0.1) is 0 Å². The van der Waals surface area contributed by atoms with E-state index in [9.17, 15) is 34.5 Å². The van der Waals surface area contributed by atoms with Crippen molar-refractivity contribution in [3.63, 3.8) is 0 Å². The Morgan fingerprint density at radius 3 is 1.16 bits per heavy atom. The number of aliphatic hydroxyl groups excluding tert-OH is 2. The molecule has 0 aromatic carbocycles. The Morgan fingerprint density at radius 2 is 0.741 bits per heavy atom. The van der Waals surface area contributed by atoms with E-state index < -0.39 is 67.3 Å². The summed E-state index contributed by atoms with van der Waals surface area (Å²) in [5.74, 6) is -3.11. The number of aliphatic hydroxyl groups is 2. The third-order valence-corrected chi connectivity index (χ3v) is 15.4. The first-order valence-corrected chi connectivity index (χ1v) is 33.6. The molecule has 6 atom stereocenters. The van der Waals surface area contributed by atoms with E-state index in [0.717, 1.165) is 103 Å². The Kier molecular flexibility index (Phi) is 53.4. The van der Waals surface area contributed by atoms with Gasteiger partial charge < -0.3 is 39.0 Å². The third kappa shape index (κ3) is 46.7. The van der Waals surface area contributed by atoms with Crippen molar-refractivity contribution in [1.29, 1.82) is 0 Å².